The van der Waals surface area contributed by atoms with Crippen molar-refractivity contribution in [3.05, 3.63) is 66.7 Å². The van der Waals surface area contributed by atoms with Gasteiger partial charge in [0.25, 0.3) is 0 Å². The minimum absolute atomic E-state index is 0.327. The zero-order chi connectivity index (χ0) is 13.8. The first-order valence-corrected chi connectivity index (χ1v) is 8.79. The fourth-order valence-electron chi connectivity index (χ4n) is 3.33. The van der Waals surface area contributed by atoms with Crippen LogP contribution in [0.5, 0.6) is 11.5 Å². The van der Waals surface area contributed by atoms with Crippen LogP contribution in [0.3, 0.4) is 0 Å². The normalized spacial score (nSPS) is 13.8. The zero-order valence-corrected chi connectivity index (χ0v) is 13.0. The molecule has 2 aliphatic heterocycles. The molecule has 0 spiro atoms. The Kier molecular flexibility index (Phi) is 2.37. The molecule has 3 aromatic rings. The molecular weight excluding hydrogens is 322 g/mol. The fraction of sp³-hybridized carbons (Fsp3) is 0. The Labute approximate surface area is 130 Å². The minimum atomic E-state index is 0.327. The maximum atomic E-state index is 6.15. The van der Waals surface area contributed by atoms with Crippen molar-refractivity contribution in [1.82, 2.24) is 0 Å². The van der Waals surface area contributed by atoms with Gasteiger partial charge in [0, 0.05) is 0 Å². The molecule has 5 rings (SSSR count). The van der Waals surface area contributed by atoms with Crippen molar-refractivity contribution in [2.45, 2.75) is 0 Å². The van der Waals surface area contributed by atoms with Gasteiger partial charge in [-0.1, -0.05) is 0 Å². The summed E-state index contributed by atoms with van der Waals surface area (Å²) in [5.41, 5.74) is 4.13. The van der Waals surface area contributed by atoms with Gasteiger partial charge in [-0.15, -0.1) is 0 Å². The van der Waals surface area contributed by atoms with Crippen molar-refractivity contribution in [3.8, 4) is 11.5 Å². The van der Waals surface area contributed by atoms with Crippen molar-refractivity contribution < 1.29 is 4.74 Å². The molecule has 98 valence electrons. The average molecular weight is 333 g/mol. The van der Waals surface area contributed by atoms with Crippen LogP contribution >= 0.6 is 0 Å². The molecule has 2 heterocycles. The van der Waals surface area contributed by atoms with E-state index in [1.54, 1.807) is 0 Å². The molecule has 0 N–H and O–H groups in total. The van der Waals surface area contributed by atoms with E-state index in [0.29, 0.717) is 21.7 Å². The Morgan fingerprint density at radius 1 is 0.667 bits per heavy atom. The van der Waals surface area contributed by atoms with E-state index in [2.05, 4.69) is 60.7 Å². The van der Waals surface area contributed by atoms with E-state index in [9.17, 15) is 0 Å². The van der Waals surface area contributed by atoms with Crippen LogP contribution in [0.2, 0.25) is 0 Å². The van der Waals surface area contributed by atoms with Crippen LogP contribution < -0.4 is 30.0 Å². The van der Waals surface area contributed by atoms with Crippen molar-refractivity contribution in [1.29, 1.82) is 0 Å². The second-order valence-electron chi connectivity index (χ2n) is 5.38. The summed E-state index contributed by atoms with van der Waals surface area (Å²) in [6, 6.07) is 23.8. The van der Waals surface area contributed by atoms with E-state index < -0.39 is 0 Å². The molecule has 0 amide bonds. The van der Waals surface area contributed by atoms with Gasteiger partial charge in [0.1, 0.15) is 0 Å². The standard InChI is InChI=1S/C18H11BOSe/c1-3-8-14-12(6-1)19-13-7-2-4-10-16(13)21-17-11-5-9-15(20-14)18(17)19/h1-11H. The number of fused-ring (bicyclic) bond motifs is 4. The molecule has 0 atom stereocenters. The van der Waals surface area contributed by atoms with Crippen molar-refractivity contribution >= 4 is 47.0 Å². The summed E-state index contributed by atoms with van der Waals surface area (Å²) in [4.78, 5) is 0. The number of hydrogen-bond acceptors (Lipinski definition) is 1. The summed E-state index contributed by atoms with van der Waals surface area (Å²) in [6.07, 6.45) is 0. The summed E-state index contributed by atoms with van der Waals surface area (Å²) in [5, 5.41) is 0. The molecular formula is C18H11BOSe. The van der Waals surface area contributed by atoms with Crippen LogP contribution in [0.25, 0.3) is 0 Å². The van der Waals surface area contributed by atoms with Crippen LogP contribution in [0.15, 0.2) is 66.7 Å². The third-order valence-electron chi connectivity index (χ3n) is 4.21. The third kappa shape index (κ3) is 1.59. The van der Waals surface area contributed by atoms with Crippen LogP contribution in [-0.4, -0.2) is 21.7 Å². The van der Waals surface area contributed by atoms with Gasteiger partial charge in [-0.3, -0.25) is 0 Å². The Hall–Kier alpha value is -1.96. The molecule has 1 nitrogen and oxygen atoms in total. The van der Waals surface area contributed by atoms with Gasteiger partial charge in [0.05, 0.1) is 0 Å². The molecule has 0 bridgehead atoms. The third-order valence-corrected chi connectivity index (χ3v) is 6.66. The summed E-state index contributed by atoms with van der Waals surface area (Å²) < 4.78 is 9.10. The number of para-hydroxylation sites is 1. The van der Waals surface area contributed by atoms with Crippen LogP contribution in [-0.2, 0) is 0 Å². The van der Waals surface area contributed by atoms with Crippen LogP contribution in [0, 0.1) is 0 Å². The molecule has 0 aliphatic carbocycles. The second kappa shape index (κ2) is 4.27. The SMILES string of the molecule is c1ccc2c(c1)Oc1cccc3c1B2c1ccccc1[Se]3. The molecule has 0 radical (unpaired) electrons. The molecule has 0 fully saturated rings. The van der Waals surface area contributed by atoms with Gasteiger partial charge in [-0.25, -0.2) is 0 Å². The van der Waals surface area contributed by atoms with Crippen molar-refractivity contribution in [3.63, 3.8) is 0 Å². The van der Waals surface area contributed by atoms with E-state index in [4.69, 9.17) is 4.74 Å². The quantitative estimate of drug-likeness (QED) is 0.370. The number of hydrogen-bond donors (Lipinski definition) is 0. The molecule has 3 heteroatoms. The first kappa shape index (κ1) is 11.7. The number of ether oxygens (including phenoxy) is 1. The number of rotatable bonds is 0. The Morgan fingerprint density at radius 2 is 1.38 bits per heavy atom. The van der Waals surface area contributed by atoms with Crippen LogP contribution in [0.1, 0.15) is 0 Å². The molecule has 0 aromatic heterocycles. The molecule has 0 saturated carbocycles. The first-order chi connectivity index (χ1) is 10.4. The molecule has 2 aliphatic rings. The molecule has 0 unspecified atom stereocenters. The predicted molar refractivity (Wildman–Crippen MR) is 89.1 cm³/mol. The second-order valence-corrected chi connectivity index (χ2v) is 7.65. The summed E-state index contributed by atoms with van der Waals surface area (Å²) >= 11 is 0.369. The van der Waals surface area contributed by atoms with Crippen LogP contribution in [0.4, 0.5) is 0 Å². The maximum absolute atomic E-state index is 6.15. The molecule has 0 saturated heterocycles. The van der Waals surface area contributed by atoms with E-state index in [-0.39, 0.29) is 0 Å². The Morgan fingerprint density at radius 3 is 2.33 bits per heavy atom. The van der Waals surface area contributed by atoms with Gasteiger partial charge in [-0.2, -0.15) is 0 Å². The van der Waals surface area contributed by atoms with E-state index >= 15 is 0 Å². The van der Waals surface area contributed by atoms with Gasteiger partial charge < -0.3 is 0 Å². The predicted octanol–water partition coefficient (Wildman–Crippen LogP) is 0.277. The van der Waals surface area contributed by atoms with Gasteiger partial charge >= 0.3 is 130 Å². The fourth-order valence-corrected chi connectivity index (χ4v) is 5.76. The van der Waals surface area contributed by atoms with Crippen molar-refractivity contribution in [2.24, 2.45) is 0 Å². The van der Waals surface area contributed by atoms with E-state index in [1.807, 2.05) is 6.07 Å². The monoisotopic (exact) mass is 334 g/mol. The first-order valence-electron chi connectivity index (χ1n) is 7.08. The summed E-state index contributed by atoms with van der Waals surface area (Å²) in [6.45, 7) is 0.327. The average Bonchev–Trinajstić information content (AvgIpc) is 2.54. The molecule has 21 heavy (non-hydrogen) atoms. The summed E-state index contributed by atoms with van der Waals surface area (Å²) in [7, 11) is 0. The van der Waals surface area contributed by atoms with E-state index in [1.165, 1.54) is 25.3 Å². The summed E-state index contributed by atoms with van der Waals surface area (Å²) in [5.74, 6) is 2.03. The van der Waals surface area contributed by atoms with Crippen molar-refractivity contribution in [2.75, 3.05) is 0 Å². The van der Waals surface area contributed by atoms with Gasteiger partial charge in [0.15, 0.2) is 0 Å². The van der Waals surface area contributed by atoms with E-state index in [0.717, 1.165) is 11.5 Å². The van der Waals surface area contributed by atoms with Gasteiger partial charge in [0.2, 0.25) is 0 Å². The topological polar surface area (TPSA) is 9.23 Å². The Bertz CT molecular complexity index is 807. The number of benzene rings is 3. The van der Waals surface area contributed by atoms with Gasteiger partial charge in [-0.05, 0) is 0 Å². The Balaban J connectivity index is 1.88. The molecule has 3 aromatic carbocycles. The zero-order valence-electron chi connectivity index (χ0n) is 11.2.